The molecular weight excluding hydrogens is 407 g/mol. The highest BCUT2D eigenvalue weighted by atomic mass is 127. The van der Waals surface area contributed by atoms with Gasteiger partial charge in [0.1, 0.15) is 0 Å². The molecule has 2 N–H and O–H groups in total. The van der Waals surface area contributed by atoms with E-state index in [0.29, 0.717) is 13.2 Å². The summed E-state index contributed by atoms with van der Waals surface area (Å²) < 4.78 is 10.3. The number of hydrogen-bond acceptors (Lipinski definition) is 4. The zero-order valence-electron chi connectivity index (χ0n) is 14.3. The van der Waals surface area contributed by atoms with Gasteiger partial charge in [-0.3, -0.25) is 9.98 Å². The summed E-state index contributed by atoms with van der Waals surface area (Å²) in [7, 11) is 3.45. The number of aryl methyl sites for hydroxylation is 1. The molecule has 1 aromatic heterocycles. The van der Waals surface area contributed by atoms with Crippen molar-refractivity contribution in [3.8, 4) is 0 Å². The fourth-order valence-electron chi connectivity index (χ4n) is 1.82. The molecule has 0 radical (unpaired) electrons. The lowest BCUT2D eigenvalue weighted by atomic mass is 10.2. The first kappa shape index (κ1) is 22.1. The van der Waals surface area contributed by atoms with E-state index < -0.39 is 0 Å². The Kier molecular flexibility index (Phi) is 14.1. The normalized spacial score (nSPS) is 11.0. The maximum atomic E-state index is 5.41. The van der Waals surface area contributed by atoms with Gasteiger partial charge in [0.15, 0.2) is 5.96 Å². The smallest absolute Gasteiger partial charge is 0.190 e. The van der Waals surface area contributed by atoms with E-state index in [2.05, 4.69) is 26.7 Å². The van der Waals surface area contributed by atoms with E-state index in [9.17, 15) is 0 Å². The van der Waals surface area contributed by atoms with Crippen LogP contribution in [0.3, 0.4) is 0 Å². The first-order chi connectivity index (χ1) is 10.8. The topological polar surface area (TPSA) is 67.8 Å². The monoisotopic (exact) mass is 436 g/mol. The molecule has 23 heavy (non-hydrogen) atoms. The van der Waals surface area contributed by atoms with Gasteiger partial charge in [0, 0.05) is 45.7 Å². The van der Waals surface area contributed by atoms with Gasteiger partial charge in [-0.1, -0.05) is 6.07 Å². The second-order valence-corrected chi connectivity index (χ2v) is 4.94. The fourth-order valence-corrected chi connectivity index (χ4v) is 1.82. The Morgan fingerprint density at radius 3 is 2.61 bits per heavy atom. The summed E-state index contributed by atoms with van der Waals surface area (Å²) in [4.78, 5) is 8.49. The molecule has 0 aliphatic rings. The molecule has 1 heterocycles. The number of halogens is 1. The molecule has 0 saturated carbocycles. The molecular formula is C16H29IN4O2. The van der Waals surface area contributed by atoms with E-state index in [0.717, 1.165) is 44.2 Å². The number of ether oxygens (including phenoxy) is 2. The summed E-state index contributed by atoms with van der Waals surface area (Å²) in [5, 5.41) is 6.56. The van der Waals surface area contributed by atoms with Crippen molar-refractivity contribution < 1.29 is 9.47 Å². The highest BCUT2D eigenvalue weighted by Crippen LogP contribution is 1.99. The van der Waals surface area contributed by atoms with Crippen molar-refractivity contribution in [1.82, 2.24) is 15.6 Å². The number of hydrogen-bond donors (Lipinski definition) is 2. The summed E-state index contributed by atoms with van der Waals surface area (Å²) in [5.41, 5.74) is 2.27. The second kappa shape index (κ2) is 14.6. The van der Waals surface area contributed by atoms with Gasteiger partial charge in [0.2, 0.25) is 0 Å². The molecule has 0 spiro atoms. The van der Waals surface area contributed by atoms with E-state index in [4.69, 9.17) is 9.47 Å². The molecule has 6 nitrogen and oxygen atoms in total. The van der Waals surface area contributed by atoms with Gasteiger partial charge in [-0.05, 0) is 31.4 Å². The highest BCUT2D eigenvalue weighted by molar-refractivity contribution is 14.0. The zero-order chi connectivity index (χ0) is 16.0. The molecule has 0 aromatic carbocycles. The molecule has 7 heteroatoms. The first-order valence-corrected chi connectivity index (χ1v) is 7.69. The summed E-state index contributed by atoms with van der Waals surface area (Å²) in [6, 6.07) is 4.14. The van der Waals surface area contributed by atoms with Crippen LogP contribution >= 0.6 is 24.0 Å². The van der Waals surface area contributed by atoms with Crippen LogP contribution in [0.25, 0.3) is 0 Å². The maximum Gasteiger partial charge on any atom is 0.190 e. The maximum absolute atomic E-state index is 5.41. The second-order valence-electron chi connectivity index (χ2n) is 4.94. The third-order valence-electron chi connectivity index (χ3n) is 3.09. The van der Waals surface area contributed by atoms with Crippen LogP contribution in [0.1, 0.15) is 17.7 Å². The average Bonchev–Trinajstić information content (AvgIpc) is 2.54. The molecule has 0 aliphatic heterocycles. The lowest BCUT2D eigenvalue weighted by Gasteiger charge is -2.12. The van der Waals surface area contributed by atoms with Crippen molar-refractivity contribution in [1.29, 1.82) is 0 Å². The number of methoxy groups -OCH3 is 1. The summed E-state index contributed by atoms with van der Waals surface area (Å²) in [5.74, 6) is 0.817. The van der Waals surface area contributed by atoms with Crippen molar-refractivity contribution >= 4 is 29.9 Å². The lowest BCUT2D eigenvalue weighted by Crippen LogP contribution is -2.39. The molecule has 0 fully saturated rings. The molecule has 0 amide bonds. The average molecular weight is 436 g/mol. The molecule has 0 saturated heterocycles. The van der Waals surface area contributed by atoms with Crippen LogP contribution in [-0.2, 0) is 15.9 Å². The van der Waals surface area contributed by atoms with Crippen LogP contribution in [0, 0.1) is 6.92 Å². The van der Waals surface area contributed by atoms with Crippen molar-refractivity contribution in [2.24, 2.45) is 4.99 Å². The van der Waals surface area contributed by atoms with Gasteiger partial charge in [-0.25, -0.2) is 0 Å². The van der Waals surface area contributed by atoms with Crippen LogP contribution in [0.5, 0.6) is 0 Å². The standard InChI is InChI=1S/C16H28N4O2.HI/c1-14-5-6-15(13-20-14)7-9-19-16(17-2)18-8-4-10-22-12-11-21-3;/h5-6,13H,4,7-12H2,1-3H3,(H2,17,18,19);1H. The third kappa shape index (κ3) is 11.3. The number of guanidine groups is 1. The van der Waals surface area contributed by atoms with Crippen molar-refractivity contribution in [3.05, 3.63) is 29.6 Å². The Morgan fingerprint density at radius 1 is 1.17 bits per heavy atom. The van der Waals surface area contributed by atoms with Crippen LogP contribution in [-0.4, -0.2) is 58.0 Å². The van der Waals surface area contributed by atoms with Crippen molar-refractivity contribution in [2.45, 2.75) is 19.8 Å². The van der Waals surface area contributed by atoms with Crippen LogP contribution in [0.4, 0.5) is 0 Å². The Balaban J connectivity index is 0.00000484. The Morgan fingerprint density at radius 2 is 1.96 bits per heavy atom. The van der Waals surface area contributed by atoms with Gasteiger partial charge in [0.25, 0.3) is 0 Å². The van der Waals surface area contributed by atoms with E-state index in [1.165, 1.54) is 5.56 Å². The molecule has 1 aromatic rings. The zero-order valence-corrected chi connectivity index (χ0v) is 16.6. The number of nitrogens with zero attached hydrogens (tertiary/aromatic N) is 2. The third-order valence-corrected chi connectivity index (χ3v) is 3.09. The molecule has 0 unspecified atom stereocenters. The first-order valence-electron chi connectivity index (χ1n) is 7.69. The van der Waals surface area contributed by atoms with Gasteiger partial charge < -0.3 is 20.1 Å². The fraction of sp³-hybridized carbons (Fsp3) is 0.625. The summed E-state index contributed by atoms with van der Waals surface area (Å²) in [6.45, 7) is 5.67. The van der Waals surface area contributed by atoms with Gasteiger partial charge in [0.05, 0.1) is 13.2 Å². The largest absolute Gasteiger partial charge is 0.382 e. The van der Waals surface area contributed by atoms with Gasteiger partial charge >= 0.3 is 0 Å². The van der Waals surface area contributed by atoms with E-state index >= 15 is 0 Å². The Bertz CT molecular complexity index is 427. The highest BCUT2D eigenvalue weighted by Gasteiger charge is 1.98. The number of pyridine rings is 1. The number of rotatable bonds is 10. The lowest BCUT2D eigenvalue weighted by molar-refractivity contribution is 0.0698. The minimum Gasteiger partial charge on any atom is -0.382 e. The van der Waals surface area contributed by atoms with Crippen molar-refractivity contribution in [2.75, 3.05) is 47.1 Å². The SMILES string of the molecule is CN=C(NCCCOCCOC)NCCc1ccc(C)nc1.I. The molecule has 0 atom stereocenters. The Hall–Kier alpha value is -0.930. The minimum absolute atomic E-state index is 0. The van der Waals surface area contributed by atoms with Crippen LogP contribution in [0.15, 0.2) is 23.3 Å². The molecule has 0 bridgehead atoms. The summed E-state index contributed by atoms with van der Waals surface area (Å²) in [6.07, 6.45) is 3.78. The molecule has 1 rings (SSSR count). The van der Waals surface area contributed by atoms with E-state index in [1.807, 2.05) is 19.2 Å². The molecule has 0 aliphatic carbocycles. The minimum atomic E-state index is 0. The van der Waals surface area contributed by atoms with Gasteiger partial charge in [-0.2, -0.15) is 0 Å². The quantitative estimate of drug-likeness (QED) is 0.253. The van der Waals surface area contributed by atoms with Crippen LogP contribution < -0.4 is 10.6 Å². The van der Waals surface area contributed by atoms with Gasteiger partial charge in [-0.15, -0.1) is 24.0 Å². The number of aromatic nitrogens is 1. The van der Waals surface area contributed by atoms with Crippen LogP contribution in [0.2, 0.25) is 0 Å². The van der Waals surface area contributed by atoms with E-state index in [1.54, 1.807) is 14.2 Å². The summed E-state index contributed by atoms with van der Waals surface area (Å²) >= 11 is 0. The van der Waals surface area contributed by atoms with E-state index in [-0.39, 0.29) is 24.0 Å². The molecule has 132 valence electrons. The number of nitrogens with one attached hydrogen (secondary N) is 2. The number of aliphatic imine (C=N–C) groups is 1. The van der Waals surface area contributed by atoms with Crippen molar-refractivity contribution in [3.63, 3.8) is 0 Å². The Labute approximate surface area is 156 Å². The predicted molar refractivity (Wildman–Crippen MR) is 105 cm³/mol. The predicted octanol–water partition coefficient (Wildman–Crippen LogP) is 1.77.